The lowest BCUT2D eigenvalue weighted by Gasteiger charge is -2.18. The van der Waals surface area contributed by atoms with Crippen LogP contribution in [0.2, 0.25) is 0 Å². The molecule has 0 radical (unpaired) electrons. The molecule has 0 aliphatic rings. The third-order valence-electron chi connectivity index (χ3n) is 10.5. The highest BCUT2D eigenvalue weighted by atomic mass is 14.2. The van der Waals surface area contributed by atoms with E-state index in [1.165, 1.54) is 98.4 Å². The third-order valence-corrected chi connectivity index (χ3v) is 10.5. The lowest BCUT2D eigenvalue weighted by Crippen LogP contribution is -1.91. The minimum atomic E-state index is 1.22. The Labute approximate surface area is 291 Å². The van der Waals surface area contributed by atoms with Crippen molar-refractivity contribution >= 4 is 53.9 Å². The van der Waals surface area contributed by atoms with Crippen LogP contribution < -0.4 is 0 Å². The monoisotopic (exact) mass is 632 g/mol. The van der Waals surface area contributed by atoms with Crippen molar-refractivity contribution in [3.8, 4) is 44.5 Å². The highest BCUT2D eigenvalue weighted by molar-refractivity contribution is 6.26. The second-order valence-corrected chi connectivity index (χ2v) is 13.2. The van der Waals surface area contributed by atoms with Crippen molar-refractivity contribution in [3.05, 3.63) is 194 Å². The van der Waals surface area contributed by atoms with Crippen LogP contribution in [-0.4, -0.2) is 0 Å². The average molecular weight is 633 g/mol. The van der Waals surface area contributed by atoms with E-state index in [-0.39, 0.29) is 0 Å². The van der Waals surface area contributed by atoms with Gasteiger partial charge in [-0.3, -0.25) is 0 Å². The van der Waals surface area contributed by atoms with Crippen LogP contribution in [0.5, 0.6) is 0 Å². The summed E-state index contributed by atoms with van der Waals surface area (Å²) < 4.78 is 0. The van der Waals surface area contributed by atoms with Gasteiger partial charge in [0.2, 0.25) is 0 Å². The lowest BCUT2D eigenvalue weighted by atomic mass is 9.85. The molecule has 0 unspecified atom stereocenters. The first-order valence-electron chi connectivity index (χ1n) is 17.4. The number of hydrogen-bond donors (Lipinski definition) is 0. The van der Waals surface area contributed by atoms with Crippen molar-refractivity contribution in [2.24, 2.45) is 0 Å². The molecule has 10 aromatic carbocycles. The van der Waals surface area contributed by atoms with Crippen molar-refractivity contribution in [2.45, 2.75) is 0 Å². The van der Waals surface area contributed by atoms with Crippen molar-refractivity contribution in [2.75, 3.05) is 0 Å². The van der Waals surface area contributed by atoms with Gasteiger partial charge in [-0.15, -0.1) is 0 Å². The van der Waals surface area contributed by atoms with E-state index >= 15 is 0 Å². The van der Waals surface area contributed by atoms with Crippen molar-refractivity contribution in [1.82, 2.24) is 0 Å². The van der Waals surface area contributed by atoms with E-state index in [0.29, 0.717) is 0 Å². The van der Waals surface area contributed by atoms with Crippen molar-refractivity contribution < 1.29 is 0 Å². The molecule has 0 N–H and O–H groups in total. The fraction of sp³-hybridized carbons (Fsp3) is 0. The molecule has 0 amide bonds. The quantitative estimate of drug-likeness (QED) is 0.134. The second kappa shape index (κ2) is 11.6. The van der Waals surface area contributed by atoms with Gasteiger partial charge < -0.3 is 0 Å². The van der Waals surface area contributed by atoms with E-state index < -0.39 is 0 Å². The van der Waals surface area contributed by atoms with Crippen LogP contribution in [0.15, 0.2) is 194 Å². The maximum absolute atomic E-state index is 2.38. The summed E-state index contributed by atoms with van der Waals surface area (Å²) in [5.41, 5.74) is 9.94. The molecule has 0 saturated heterocycles. The summed E-state index contributed by atoms with van der Waals surface area (Å²) in [7, 11) is 0. The van der Waals surface area contributed by atoms with Gasteiger partial charge in [0.05, 0.1) is 0 Å². The molecule has 0 aliphatic carbocycles. The Morgan fingerprint density at radius 3 is 0.880 bits per heavy atom. The van der Waals surface area contributed by atoms with Gasteiger partial charge in [-0.25, -0.2) is 0 Å². The van der Waals surface area contributed by atoms with Crippen LogP contribution in [-0.2, 0) is 0 Å². The minimum Gasteiger partial charge on any atom is -0.0622 e. The predicted molar refractivity (Wildman–Crippen MR) is 216 cm³/mol. The molecular formula is C50H32. The SMILES string of the molecule is c1ccc(-c2ccc(-c3c4ccccc4c(-c4ccc(-c5ccc6c7ccccc7c7ccccc7c6c5)cc4)c4ccccc34)cc2)cc1. The molecule has 0 aromatic heterocycles. The summed E-state index contributed by atoms with van der Waals surface area (Å²) in [6.45, 7) is 0. The van der Waals surface area contributed by atoms with Crippen LogP contribution in [0.1, 0.15) is 0 Å². The Kier molecular flexibility index (Phi) is 6.60. The Morgan fingerprint density at radius 1 is 0.160 bits per heavy atom. The molecule has 0 saturated carbocycles. The van der Waals surface area contributed by atoms with E-state index in [4.69, 9.17) is 0 Å². The first-order chi connectivity index (χ1) is 24.8. The molecule has 0 spiro atoms. The lowest BCUT2D eigenvalue weighted by molar-refractivity contribution is 1.61. The van der Waals surface area contributed by atoms with Crippen LogP contribution in [0.25, 0.3) is 98.4 Å². The van der Waals surface area contributed by atoms with Gasteiger partial charge in [-0.05, 0) is 104 Å². The Bertz CT molecular complexity index is 2790. The fourth-order valence-electron chi connectivity index (χ4n) is 8.13. The Morgan fingerprint density at radius 2 is 0.440 bits per heavy atom. The van der Waals surface area contributed by atoms with Gasteiger partial charge in [0, 0.05) is 0 Å². The van der Waals surface area contributed by atoms with Gasteiger partial charge in [-0.1, -0.05) is 188 Å². The molecule has 10 aromatic rings. The second-order valence-electron chi connectivity index (χ2n) is 13.2. The van der Waals surface area contributed by atoms with Gasteiger partial charge >= 0.3 is 0 Å². The molecule has 0 fully saturated rings. The molecule has 50 heavy (non-hydrogen) atoms. The van der Waals surface area contributed by atoms with Crippen molar-refractivity contribution in [3.63, 3.8) is 0 Å². The summed E-state index contributed by atoms with van der Waals surface area (Å²) in [6.07, 6.45) is 0. The molecule has 0 nitrogen and oxygen atoms in total. The van der Waals surface area contributed by atoms with Gasteiger partial charge in [0.15, 0.2) is 0 Å². The van der Waals surface area contributed by atoms with E-state index in [2.05, 4.69) is 194 Å². The number of fused-ring (bicyclic) bond motifs is 8. The minimum absolute atomic E-state index is 1.22. The smallest absolute Gasteiger partial charge is 0.00264 e. The highest BCUT2D eigenvalue weighted by Gasteiger charge is 2.17. The summed E-state index contributed by atoms with van der Waals surface area (Å²) in [5.74, 6) is 0. The molecule has 0 aliphatic heterocycles. The maximum Gasteiger partial charge on any atom is -0.00264 e. The zero-order chi connectivity index (χ0) is 33.0. The number of benzene rings is 10. The number of hydrogen-bond acceptors (Lipinski definition) is 0. The predicted octanol–water partition coefficient (Wildman–Crippen LogP) is 14.1. The van der Waals surface area contributed by atoms with Gasteiger partial charge in [-0.2, -0.15) is 0 Å². The van der Waals surface area contributed by atoms with Crippen LogP contribution in [0.3, 0.4) is 0 Å². The molecule has 0 atom stereocenters. The van der Waals surface area contributed by atoms with Gasteiger partial charge in [0.1, 0.15) is 0 Å². The molecule has 0 bridgehead atoms. The summed E-state index contributed by atoms with van der Waals surface area (Å²) in [5, 5.41) is 12.9. The molecular weight excluding hydrogens is 601 g/mol. The molecule has 232 valence electrons. The van der Waals surface area contributed by atoms with E-state index in [0.717, 1.165) is 0 Å². The average Bonchev–Trinajstić information content (AvgIpc) is 3.20. The van der Waals surface area contributed by atoms with Crippen molar-refractivity contribution in [1.29, 1.82) is 0 Å². The molecule has 0 heteroatoms. The zero-order valence-corrected chi connectivity index (χ0v) is 27.5. The van der Waals surface area contributed by atoms with Gasteiger partial charge in [0.25, 0.3) is 0 Å². The van der Waals surface area contributed by atoms with Crippen LogP contribution in [0.4, 0.5) is 0 Å². The standard InChI is InChI=1S/C50H32/c1-2-12-33(13-3-1)34-22-26-36(27-23-34)49-44-18-8-10-20-46(44)50(47-21-11-9-19-45(47)49)37-28-24-35(25-29-37)38-30-31-43-41-16-5-4-14-39(41)40-15-6-7-17-42(40)48(43)32-38/h1-32H. The first kappa shape index (κ1) is 28.5. The van der Waals surface area contributed by atoms with E-state index in [1.807, 2.05) is 0 Å². The summed E-state index contributed by atoms with van der Waals surface area (Å²) in [4.78, 5) is 0. The summed E-state index contributed by atoms with van der Waals surface area (Å²) in [6, 6.07) is 71.2. The Balaban J connectivity index is 1.11. The topological polar surface area (TPSA) is 0 Å². The van der Waals surface area contributed by atoms with E-state index in [1.54, 1.807) is 0 Å². The fourth-order valence-corrected chi connectivity index (χ4v) is 8.13. The first-order valence-corrected chi connectivity index (χ1v) is 17.4. The largest absolute Gasteiger partial charge is 0.0622 e. The summed E-state index contributed by atoms with van der Waals surface area (Å²) >= 11 is 0. The third kappa shape index (κ3) is 4.54. The zero-order valence-electron chi connectivity index (χ0n) is 27.5. The maximum atomic E-state index is 2.38. The normalized spacial score (nSPS) is 11.6. The van der Waals surface area contributed by atoms with E-state index in [9.17, 15) is 0 Å². The van der Waals surface area contributed by atoms with Crippen LogP contribution >= 0.6 is 0 Å². The number of rotatable bonds is 4. The Hall–Kier alpha value is -6.50. The highest BCUT2D eigenvalue weighted by Crippen LogP contribution is 2.44. The van der Waals surface area contributed by atoms with Crippen LogP contribution in [0, 0.1) is 0 Å². The molecule has 10 rings (SSSR count). The molecule has 0 heterocycles.